The van der Waals surface area contributed by atoms with Crippen molar-refractivity contribution in [1.29, 1.82) is 0 Å². The smallest absolute Gasteiger partial charge is 0.351 e. The summed E-state index contributed by atoms with van der Waals surface area (Å²) in [6.07, 6.45) is -4.14. The van der Waals surface area contributed by atoms with Gasteiger partial charge in [0.05, 0.1) is 29.2 Å². The maximum atomic E-state index is 15.1. The molecule has 1 fully saturated rings. The van der Waals surface area contributed by atoms with Crippen molar-refractivity contribution in [3.63, 3.8) is 0 Å². The summed E-state index contributed by atoms with van der Waals surface area (Å²) < 4.78 is 102. The normalized spacial score (nSPS) is 20.4. The summed E-state index contributed by atoms with van der Waals surface area (Å²) in [5.74, 6) is -2.10. The van der Waals surface area contributed by atoms with Crippen molar-refractivity contribution in [3.05, 3.63) is 51.9 Å². The third-order valence-corrected chi connectivity index (χ3v) is 8.76. The van der Waals surface area contributed by atoms with Gasteiger partial charge in [0.2, 0.25) is 0 Å². The Bertz CT molecular complexity index is 1660. The van der Waals surface area contributed by atoms with Gasteiger partial charge in [0.1, 0.15) is 17.5 Å². The molecule has 216 valence electrons. The standard InChI is InChI=1S/C25H25F5N4O4S2/c1-13-10-32(2)6-7-33(13)23-17-9-18(25(28,29)30)20(16-5-4-14(26)8-19(16)27)22-21(17)34(24(35)31-23)11-15(39-22)12-38-40(3,36)37/h4-5,8-9,13,15H,6-7,10-12H2,1-3H3/t13-,15-/m0/s1. The first-order chi connectivity index (χ1) is 18.6. The summed E-state index contributed by atoms with van der Waals surface area (Å²) in [7, 11) is -2.00. The molecule has 0 bridgehead atoms. The van der Waals surface area contributed by atoms with Crippen LogP contribution in [0.15, 0.2) is 34.0 Å². The summed E-state index contributed by atoms with van der Waals surface area (Å²) in [5.41, 5.74) is -2.89. The van der Waals surface area contributed by atoms with Crippen LogP contribution in [-0.2, 0) is 27.0 Å². The van der Waals surface area contributed by atoms with Crippen molar-refractivity contribution in [2.45, 2.75) is 35.8 Å². The lowest BCUT2D eigenvalue weighted by atomic mass is 9.95. The van der Waals surface area contributed by atoms with Gasteiger partial charge in [0.15, 0.2) is 0 Å². The van der Waals surface area contributed by atoms with E-state index in [1.807, 2.05) is 14.0 Å². The van der Waals surface area contributed by atoms with Crippen molar-refractivity contribution in [1.82, 2.24) is 14.5 Å². The van der Waals surface area contributed by atoms with Crippen LogP contribution >= 0.6 is 11.8 Å². The molecule has 8 nitrogen and oxygen atoms in total. The Morgan fingerprint density at radius 3 is 2.50 bits per heavy atom. The van der Waals surface area contributed by atoms with Crippen LogP contribution in [0.5, 0.6) is 0 Å². The van der Waals surface area contributed by atoms with E-state index in [0.29, 0.717) is 25.7 Å². The Labute approximate surface area is 230 Å². The van der Waals surface area contributed by atoms with Crippen LogP contribution in [0.2, 0.25) is 0 Å². The van der Waals surface area contributed by atoms with Crippen LogP contribution in [0.1, 0.15) is 12.5 Å². The molecule has 0 unspecified atom stereocenters. The fourth-order valence-electron chi connectivity index (χ4n) is 5.23. The summed E-state index contributed by atoms with van der Waals surface area (Å²) in [5, 5.41) is -0.774. The highest BCUT2D eigenvalue weighted by molar-refractivity contribution is 8.00. The summed E-state index contributed by atoms with van der Waals surface area (Å²) >= 11 is 0.856. The quantitative estimate of drug-likeness (QED) is 0.320. The number of alkyl halides is 3. The summed E-state index contributed by atoms with van der Waals surface area (Å²) in [6, 6.07) is 2.95. The number of likely N-dealkylation sites (N-methyl/N-ethyl adjacent to an activating group) is 1. The zero-order valence-electron chi connectivity index (χ0n) is 21.6. The van der Waals surface area contributed by atoms with Gasteiger partial charge in [-0.05, 0) is 32.2 Å². The second kappa shape index (κ2) is 10.3. The van der Waals surface area contributed by atoms with Gasteiger partial charge < -0.3 is 9.80 Å². The maximum Gasteiger partial charge on any atom is 0.417 e. The Balaban J connectivity index is 1.84. The number of anilines is 1. The Kier molecular flexibility index (Phi) is 7.38. The molecule has 0 aliphatic carbocycles. The Morgan fingerprint density at radius 1 is 1.15 bits per heavy atom. The average Bonchev–Trinajstić information content (AvgIpc) is 2.84. The lowest BCUT2D eigenvalue weighted by Gasteiger charge is -2.40. The van der Waals surface area contributed by atoms with E-state index in [-0.39, 0.29) is 34.2 Å². The molecule has 3 heterocycles. The Hall–Kier alpha value is -2.75. The van der Waals surface area contributed by atoms with Gasteiger partial charge in [-0.1, -0.05) is 0 Å². The molecule has 5 rings (SSSR count). The number of piperazine rings is 1. The van der Waals surface area contributed by atoms with Gasteiger partial charge >= 0.3 is 11.9 Å². The topological polar surface area (TPSA) is 84.7 Å². The minimum Gasteiger partial charge on any atom is -0.351 e. The first-order valence-electron chi connectivity index (χ1n) is 12.2. The molecule has 0 saturated carbocycles. The van der Waals surface area contributed by atoms with Crippen molar-refractivity contribution in [3.8, 4) is 11.1 Å². The maximum absolute atomic E-state index is 15.1. The van der Waals surface area contributed by atoms with Gasteiger partial charge in [0.25, 0.3) is 10.1 Å². The number of aromatic nitrogens is 2. The van der Waals surface area contributed by atoms with Gasteiger partial charge in [-0.15, -0.1) is 11.8 Å². The third-order valence-electron chi connectivity index (χ3n) is 6.95. The van der Waals surface area contributed by atoms with Crippen LogP contribution in [0, 0.1) is 11.6 Å². The molecule has 3 aromatic rings. The number of thioether (sulfide) groups is 1. The molecule has 1 aromatic heterocycles. The van der Waals surface area contributed by atoms with E-state index in [0.717, 1.165) is 36.2 Å². The van der Waals surface area contributed by atoms with E-state index < -0.39 is 62.2 Å². The number of rotatable bonds is 5. The zero-order valence-corrected chi connectivity index (χ0v) is 23.3. The molecular weight excluding hydrogens is 579 g/mol. The second-order valence-corrected chi connectivity index (χ2v) is 13.0. The van der Waals surface area contributed by atoms with Crippen molar-refractivity contribution < 1.29 is 34.6 Å². The molecular formula is C25H25F5N4O4S2. The molecule has 15 heteroatoms. The number of halogens is 5. The third kappa shape index (κ3) is 5.43. The molecule has 40 heavy (non-hydrogen) atoms. The van der Waals surface area contributed by atoms with Crippen molar-refractivity contribution in [2.24, 2.45) is 0 Å². The molecule has 2 atom stereocenters. The second-order valence-electron chi connectivity index (χ2n) is 10.0. The van der Waals surface area contributed by atoms with Gasteiger partial charge in [-0.25, -0.2) is 13.6 Å². The van der Waals surface area contributed by atoms with Crippen molar-refractivity contribution in [2.75, 3.05) is 44.4 Å². The molecule has 0 radical (unpaired) electrons. The molecule has 2 aliphatic rings. The van der Waals surface area contributed by atoms with E-state index in [2.05, 4.69) is 9.88 Å². The molecule has 2 aliphatic heterocycles. The van der Waals surface area contributed by atoms with Crippen LogP contribution in [0.3, 0.4) is 0 Å². The molecule has 0 N–H and O–H groups in total. The van der Waals surface area contributed by atoms with Crippen molar-refractivity contribution >= 4 is 38.6 Å². The first kappa shape index (κ1) is 28.8. The average molecular weight is 605 g/mol. The van der Waals surface area contributed by atoms with Crippen LogP contribution in [-0.4, -0.2) is 73.7 Å². The number of hydrogen-bond acceptors (Lipinski definition) is 8. The van der Waals surface area contributed by atoms with Crippen LogP contribution in [0.25, 0.3) is 22.0 Å². The largest absolute Gasteiger partial charge is 0.417 e. The molecule has 1 saturated heterocycles. The first-order valence-corrected chi connectivity index (χ1v) is 14.9. The van der Waals surface area contributed by atoms with E-state index in [4.69, 9.17) is 4.18 Å². The fraction of sp³-hybridized carbons (Fsp3) is 0.440. The minimum atomic E-state index is -4.97. The summed E-state index contributed by atoms with van der Waals surface area (Å²) in [6.45, 7) is 2.91. The lowest BCUT2D eigenvalue weighted by Crippen LogP contribution is -2.51. The predicted molar refractivity (Wildman–Crippen MR) is 141 cm³/mol. The van der Waals surface area contributed by atoms with Gasteiger partial charge in [-0.3, -0.25) is 8.75 Å². The minimum absolute atomic E-state index is 0.0552. The highest BCUT2D eigenvalue weighted by Gasteiger charge is 2.40. The van der Waals surface area contributed by atoms with Crippen LogP contribution < -0.4 is 10.6 Å². The van der Waals surface area contributed by atoms with Gasteiger partial charge in [0, 0.05) is 59.7 Å². The number of nitrogens with zero attached hydrogens (tertiary/aromatic N) is 4. The van der Waals surface area contributed by atoms with Crippen LogP contribution in [0.4, 0.5) is 27.8 Å². The van der Waals surface area contributed by atoms with E-state index in [9.17, 15) is 30.8 Å². The Morgan fingerprint density at radius 2 is 1.88 bits per heavy atom. The number of benzene rings is 2. The van der Waals surface area contributed by atoms with E-state index in [1.165, 1.54) is 4.57 Å². The molecule has 2 aromatic carbocycles. The monoisotopic (exact) mass is 604 g/mol. The highest BCUT2D eigenvalue weighted by atomic mass is 32.2. The van der Waals surface area contributed by atoms with E-state index in [1.54, 1.807) is 4.90 Å². The number of hydrogen-bond donors (Lipinski definition) is 0. The predicted octanol–water partition coefficient (Wildman–Crippen LogP) is 3.95. The fourth-order valence-corrected chi connectivity index (χ4v) is 7.09. The summed E-state index contributed by atoms with van der Waals surface area (Å²) in [4.78, 5) is 21.3. The van der Waals surface area contributed by atoms with E-state index >= 15 is 4.39 Å². The highest BCUT2D eigenvalue weighted by Crippen LogP contribution is 2.50. The molecule has 0 amide bonds. The molecule has 0 spiro atoms. The lowest BCUT2D eigenvalue weighted by molar-refractivity contribution is -0.137. The zero-order chi connectivity index (χ0) is 29.1. The SMILES string of the molecule is C[C@H]1CN(C)CCN1c1nc(=O)n2c3c(c(-c4ccc(F)cc4F)c(C(F)(F)F)cc13)S[C@H](COS(C)(=O)=O)C2. The van der Waals surface area contributed by atoms with Gasteiger partial charge in [-0.2, -0.15) is 26.6 Å².